The molecule has 1 aromatic carbocycles. The molecule has 0 bridgehead atoms. The van der Waals surface area contributed by atoms with Crippen molar-refractivity contribution in [2.75, 3.05) is 6.61 Å². The van der Waals surface area contributed by atoms with Crippen LogP contribution in [-0.2, 0) is 16.1 Å². The van der Waals surface area contributed by atoms with Crippen LogP contribution in [0.3, 0.4) is 0 Å². The first-order chi connectivity index (χ1) is 8.95. The van der Waals surface area contributed by atoms with Crippen molar-refractivity contribution in [2.24, 2.45) is 0 Å². The minimum Gasteiger partial charge on any atom is -0.478 e. The van der Waals surface area contributed by atoms with Crippen molar-refractivity contribution in [1.82, 2.24) is 5.32 Å². The van der Waals surface area contributed by atoms with Gasteiger partial charge >= 0.3 is 11.9 Å². The Hall–Kier alpha value is -1.95. The van der Waals surface area contributed by atoms with Crippen LogP contribution in [0.4, 0.5) is 4.39 Å². The van der Waals surface area contributed by atoms with Crippen LogP contribution in [-0.4, -0.2) is 29.7 Å². The molecular weight excluding hydrogens is 253 g/mol. The number of carbonyl (C=O) groups excluding carboxylic acids is 1. The predicted molar refractivity (Wildman–Crippen MR) is 66.3 cm³/mol. The molecule has 0 aliphatic rings. The molecule has 0 spiro atoms. The number of hydrogen-bond acceptors (Lipinski definition) is 4. The summed E-state index contributed by atoms with van der Waals surface area (Å²) in [6, 6.07) is 3.32. The van der Waals surface area contributed by atoms with Gasteiger partial charge in [0, 0.05) is 6.54 Å². The first-order valence-corrected chi connectivity index (χ1v) is 5.87. The number of esters is 1. The summed E-state index contributed by atoms with van der Waals surface area (Å²) in [5.41, 5.74) is 0.181. The number of halogens is 1. The molecule has 1 unspecified atom stereocenters. The second-order valence-electron chi connectivity index (χ2n) is 3.97. The highest BCUT2D eigenvalue weighted by molar-refractivity contribution is 5.87. The third kappa shape index (κ3) is 4.33. The van der Waals surface area contributed by atoms with Gasteiger partial charge in [0.1, 0.15) is 11.9 Å². The van der Waals surface area contributed by atoms with E-state index >= 15 is 0 Å². The van der Waals surface area contributed by atoms with E-state index in [-0.39, 0.29) is 18.1 Å². The maximum absolute atomic E-state index is 13.4. The molecule has 1 aromatic rings. The summed E-state index contributed by atoms with van der Waals surface area (Å²) in [5.74, 6) is -2.49. The monoisotopic (exact) mass is 269 g/mol. The van der Waals surface area contributed by atoms with Gasteiger partial charge in [0.15, 0.2) is 0 Å². The molecule has 0 fully saturated rings. The molecule has 104 valence electrons. The summed E-state index contributed by atoms with van der Waals surface area (Å²) in [4.78, 5) is 22.0. The van der Waals surface area contributed by atoms with E-state index in [9.17, 15) is 14.0 Å². The minimum absolute atomic E-state index is 0.247. The number of nitrogens with one attached hydrogen (secondary N) is 1. The Morgan fingerprint density at radius 3 is 2.68 bits per heavy atom. The molecule has 2 N–H and O–H groups in total. The molecule has 0 heterocycles. The lowest BCUT2D eigenvalue weighted by Crippen LogP contribution is -2.34. The van der Waals surface area contributed by atoms with Crippen LogP contribution in [0.5, 0.6) is 0 Å². The number of aromatic carboxylic acids is 1. The summed E-state index contributed by atoms with van der Waals surface area (Å²) in [6.07, 6.45) is 0. The van der Waals surface area contributed by atoms with Crippen molar-refractivity contribution in [3.8, 4) is 0 Å². The van der Waals surface area contributed by atoms with E-state index in [2.05, 4.69) is 5.32 Å². The molecule has 5 nitrogen and oxygen atoms in total. The highest BCUT2D eigenvalue weighted by atomic mass is 19.1. The summed E-state index contributed by atoms with van der Waals surface area (Å²) >= 11 is 0. The molecule has 0 saturated carbocycles. The number of carbonyl (C=O) groups is 2. The van der Waals surface area contributed by atoms with Crippen molar-refractivity contribution in [3.05, 3.63) is 35.1 Å². The topological polar surface area (TPSA) is 75.6 Å². The number of benzene rings is 1. The summed E-state index contributed by atoms with van der Waals surface area (Å²) < 4.78 is 18.2. The van der Waals surface area contributed by atoms with Crippen molar-refractivity contribution in [1.29, 1.82) is 0 Å². The number of hydrogen-bond donors (Lipinski definition) is 2. The van der Waals surface area contributed by atoms with E-state index in [1.54, 1.807) is 13.8 Å². The highest BCUT2D eigenvalue weighted by Crippen LogP contribution is 2.10. The first-order valence-electron chi connectivity index (χ1n) is 5.87. The number of ether oxygens (including phenoxy) is 1. The fourth-order valence-corrected chi connectivity index (χ4v) is 1.46. The van der Waals surface area contributed by atoms with Crippen LogP contribution in [0.15, 0.2) is 18.2 Å². The van der Waals surface area contributed by atoms with Crippen molar-refractivity contribution in [2.45, 2.75) is 26.4 Å². The maximum Gasteiger partial charge on any atom is 0.338 e. The molecule has 1 atom stereocenters. The summed E-state index contributed by atoms with van der Waals surface area (Å²) in [6.45, 7) is 3.90. The lowest BCUT2D eigenvalue weighted by atomic mass is 10.1. The molecule has 1 rings (SSSR count). The zero-order valence-electron chi connectivity index (χ0n) is 10.8. The molecule has 0 saturated heterocycles. The van der Waals surface area contributed by atoms with Crippen LogP contribution < -0.4 is 5.32 Å². The van der Waals surface area contributed by atoms with Crippen molar-refractivity contribution < 1.29 is 23.8 Å². The van der Waals surface area contributed by atoms with Gasteiger partial charge in [-0.05, 0) is 31.5 Å². The Morgan fingerprint density at radius 2 is 2.16 bits per heavy atom. The molecular formula is C13H16FNO4. The van der Waals surface area contributed by atoms with Gasteiger partial charge in [0.05, 0.1) is 12.2 Å². The molecule has 0 amide bonds. The van der Waals surface area contributed by atoms with Gasteiger partial charge < -0.3 is 15.2 Å². The van der Waals surface area contributed by atoms with Crippen LogP contribution in [0, 0.1) is 5.82 Å². The Morgan fingerprint density at radius 1 is 1.47 bits per heavy atom. The van der Waals surface area contributed by atoms with E-state index in [0.29, 0.717) is 12.2 Å². The van der Waals surface area contributed by atoms with Crippen LogP contribution >= 0.6 is 0 Å². The molecule has 0 aliphatic heterocycles. The summed E-state index contributed by atoms with van der Waals surface area (Å²) in [5, 5.41) is 11.6. The maximum atomic E-state index is 13.4. The molecule has 6 heteroatoms. The van der Waals surface area contributed by atoms with Gasteiger partial charge in [-0.3, -0.25) is 4.79 Å². The Kier molecular flexibility index (Phi) is 5.44. The van der Waals surface area contributed by atoms with Gasteiger partial charge in [0.25, 0.3) is 0 Å². The smallest absolute Gasteiger partial charge is 0.338 e. The quantitative estimate of drug-likeness (QED) is 0.767. The van der Waals surface area contributed by atoms with Crippen molar-refractivity contribution in [3.63, 3.8) is 0 Å². The van der Waals surface area contributed by atoms with E-state index < -0.39 is 17.8 Å². The Bertz CT molecular complexity index is 476. The van der Waals surface area contributed by atoms with Gasteiger partial charge in [0.2, 0.25) is 0 Å². The van der Waals surface area contributed by atoms with Gasteiger partial charge in [-0.1, -0.05) is 6.07 Å². The third-order valence-electron chi connectivity index (χ3n) is 2.52. The second kappa shape index (κ2) is 6.84. The fourth-order valence-electron chi connectivity index (χ4n) is 1.46. The van der Waals surface area contributed by atoms with E-state index in [1.807, 2.05) is 0 Å². The zero-order valence-corrected chi connectivity index (χ0v) is 10.8. The number of rotatable bonds is 6. The largest absolute Gasteiger partial charge is 0.478 e. The van der Waals surface area contributed by atoms with Crippen LogP contribution in [0.2, 0.25) is 0 Å². The lowest BCUT2D eigenvalue weighted by molar-refractivity contribution is -0.145. The molecule has 0 aliphatic carbocycles. The highest BCUT2D eigenvalue weighted by Gasteiger charge is 2.14. The van der Waals surface area contributed by atoms with Gasteiger partial charge in [-0.15, -0.1) is 0 Å². The van der Waals surface area contributed by atoms with E-state index in [4.69, 9.17) is 9.84 Å². The number of carboxylic acids is 1. The van der Waals surface area contributed by atoms with Crippen LogP contribution in [0.1, 0.15) is 29.8 Å². The van der Waals surface area contributed by atoms with Crippen LogP contribution in [0.25, 0.3) is 0 Å². The lowest BCUT2D eigenvalue weighted by Gasteiger charge is -2.12. The minimum atomic E-state index is -1.31. The second-order valence-corrected chi connectivity index (χ2v) is 3.97. The molecule has 0 radical (unpaired) electrons. The zero-order chi connectivity index (χ0) is 14.4. The Labute approximate surface area is 110 Å². The first kappa shape index (κ1) is 15.1. The van der Waals surface area contributed by atoms with E-state index in [1.165, 1.54) is 12.1 Å². The average molecular weight is 269 g/mol. The van der Waals surface area contributed by atoms with Gasteiger partial charge in [-0.25, -0.2) is 9.18 Å². The third-order valence-corrected chi connectivity index (χ3v) is 2.52. The summed E-state index contributed by atoms with van der Waals surface area (Å²) in [7, 11) is 0. The molecule has 0 aromatic heterocycles. The fraction of sp³-hybridized carbons (Fsp3) is 0.385. The Balaban J connectivity index is 2.61. The SMILES string of the molecule is CCOC(=O)C(C)NCc1ccc(C(=O)O)c(F)c1. The predicted octanol–water partition coefficient (Wildman–Crippen LogP) is 1.57. The normalized spacial score (nSPS) is 11.9. The average Bonchev–Trinajstić information content (AvgIpc) is 2.35. The van der Waals surface area contributed by atoms with E-state index in [0.717, 1.165) is 6.07 Å². The number of carboxylic acid groups (broad SMARTS) is 1. The van der Waals surface area contributed by atoms with Crippen molar-refractivity contribution >= 4 is 11.9 Å². The molecule has 19 heavy (non-hydrogen) atoms. The standard InChI is InChI=1S/C13H16FNO4/c1-3-19-13(18)8(2)15-7-9-4-5-10(12(16)17)11(14)6-9/h4-6,8,15H,3,7H2,1-2H3,(H,16,17). The van der Waals surface area contributed by atoms with Gasteiger partial charge in [-0.2, -0.15) is 0 Å².